The van der Waals surface area contributed by atoms with Gasteiger partial charge in [-0.2, -0.15) is 5.26 Å². The van der Waals surface area contributed by atoms with Crippen LogP contribution < -0.4 is 4.90 Å². The standard InChI is InChI=1S/C15H20N2O2/c1-11(2)17(7-4-8-18)15-9-13(10-16)5-6-14(15)12(3)19/h5-6,9,11,18H,4,7-8H2,1-3H3. The van der Waals surface area contributed by atoms with Gasteiger partial charge in [0, 0.05) is 30.4 Å². The zero-order valence-electron chi connectivity index (χ0n) is 11.7. The first-order valence-corrected chi connectivity index (χ1v) is 6.43. The van der Waals surface area contributed by atoms with Crippen molar-refractivity contribution in [3.63, 3.8) is 0 Å². The number of hydrogen-bond donors (Lipinski definition) is 1. The van der Waals surface area contributed by atoms with Crippen LogP contribution in [0.1, 0.15) is 43.1 Å². The van der Waals surface area contributed by atoms with Crippen molar-refractivity contribution < 1.29 is 9.90 Å². The number of Topliss-reactive ketones (excluding diaryl/α,β-unsaturated/α-hetero) is 1. The molecule has 1 N–H and O–H groups in total. The average Bonchev–Trinajstić information content (AvgIpc) is 2.38. The van der Waals surface area contributed by atoms with Crippen LogP contribution in [0.15, 0.2) is 18.2 Å². The summed E-state index contributed by atoms with van der Waals surface area (Å²) in [7, 11) is 0. The molecule has 102 valence electrons. The molecule has 0 spiro atoms. The lowest BCUT2D eigenvalue weighted by Gasteiger charge is -2.30. The normalized spacial score (nSPS) is 10.3. The Morgan fingerprint density at radius 1 is 1.47 bits per heavy atom. The highest BCUT2D eigenvalue weighted by Gasteiger charge is 2.17. The lowest BCUT2D eigenvalue weighted by Crippen LogP contribution is -2.33. The summed E-state index contributed by atoms with van der Waals surface area (Å²) >= 11 is 0. The Balaban J connectivity index is 3.25. The van der Waals surface area contributed by atoms with Crippen LogP contribution in [0, 0.1) is 11.3 Å². The summed E-state index contributed by atoms with van der Waals surface area (Å²) in [5, 5.41) is 18.0. The van der Waals surface area contributed by atoms with E-state index in [0.717, 1.165) is 5.69 Å². The molecule has 0 aliphatic carbocycles. The monoisotopic (exact) mass is 260 g/mol. The number of carbonyl (C=O) groups excluding carboxylic acids is 1. The van der Waals surface area contributed by atoms with Gasteiger partial charge in [0.2, 0.25) is 0 Å². The maximum Gasteiger partial charge on any atom is 0.161 e. The molecule has 0 aromatic heterocycles. The number of anilines is 1. The third kappa shape index (κ3) is 3.80. The zero-order valence-corrected chi connectivity index (χ0v) is 11.7. The number of rotatable bonds is 6. The second-order valence-electron chi connectivity index (χ2n) is 4.76. The van der Waals surface area contributed by atoms with Crippen molar-refractivity contribution in [3.05, 3.63) is 29.3 Å². The Morgan fingerprint density at radius 3 is 2.63 bits per heavy atom. The Morgan fingerprint density at radius 2 is 2.16 bits per heavy atom. The Bertz CT molecular complexity index is 489. The van der Waals surface area contributed by atoms with Crippen LogP contribution in [0.3, 0.4) is 0 Å². The number of nitrogens with zero attached hydrogens (tertiary/aromatic N) is 2. The fourth-order valence-corrected chi connectivity index (χ4v) is 2.03. The maximum absolute atomic E-state index is 11.7. The molecule has 1 rings (SSSR count). The minimum Gasteiger partial charge on any atom is -0.396 e. The number of aliphatic hydroxyl groups is 1. The van der Waals surface area contributed by atoms with E-state index in [1.807, 2.05) is 18.7 Å². The lowest BCUT2D eigenvalue weighted by atomic mass is 10.0. The van der Waals surface area contributed by atoms with Crippen LogP contribution in [0.25, 0.3) is 0 Å². The van der Waals surface area contributed by atoms with Crippen LogP contribution in [0.5, 0.6) is 0 Å². The van der Waals surface area contributed by atoms with E-state index in [0.29, 0.717) is 24.1 Å². The summed E-state index contributed by atoms with van der Waals surface area (Å²) in [6, 6.07) is 7.39. The second-order valence-corrected chi connectivity index (χ2v) is 4.76. The van der Waals surface area contributed by atoms with Gasteiger partial charge in [-0.1, -0.05) is 0 Å². The lowest BCUT2D eigenvalue weighted by molar-refractivity contribution is 0.101. The topological polar surface area (TPSA) is 64.3 Å². The molecular weight excluding hydrogens is 240 g/mol. The van der Waals surface area contributed by atoms with Gasteiger partial charge in [-0.3, -0.25) is 4.79 Å². The molecule has 1 aromatic carbocycles. The molecule has 4 heteroatoms. The van der Waals surface area contributed by atoms with Gasteiger partial charge >= 0.3 is 0 Å². The molecule has 19 heavy (non-hydrogen) atoms. The van der Waals surface area contributed by atoms with Crippen molar-refractivity contribution in [2.45, 2.75) is 33.2 Å². The van der Waals surface area contributed by atoms with E-state index in [4.69, 9.17) is 10.4 Å². The predicted octanol–water partition coefficient (Wildman–Crippen LogP) is 2.36. The van der Waals surface area contributed by atoms with E-state index in [1.165, 1.54) is 6.92 Å². The first-order valence-electron chi connectivity index (χ1n) is 6.43. The summed E-state index contributed by atoms with van der Waals surface area (Å²) in [5.74, 6) is -0.0193. The van der Waals surface area contributed by atoms with Crippen molar-refractivity contribution in [2.75, 3.05) is 18.1 Å². The SMILES string of the molecule is CC(=O)c1ccc(C#N)cc1N(CCCO)C(C)C. The molecule has 0 aliphatic rings. The van der Waals surface area contributed by atoms with Gasteiger partial charge in [-0.15, -0.1) is 0 Å². The number of nitriles is 1. The maximum atomic E-state index is 11.7. The number of aliphatic hydroxyl groups excluding tert-OH is 1. The molecule has 0 aliphatic heterocycles. The fraction of sp³-hybridized carbons (Fsp3) is 0.467. The quantitative estimate of drug-likeness (QED) is 0.797. The van der Waals surface area contributed by atoms with Crippen LogP contribution in [-0.2, 0) is 0 Å². The highest BCUT2D eigenvalue weighted by molar-refractivity contribution is 6.00. The van der Waals surface area contributed by atoms with Crippen molar-refractivity contribution in [2.24, 2.45) is 0 Å². The molecule has 0 amide bonds. The third-order valence-electron chi connectivity index (χ3n) is 3.00. The minimum absolute atomic E-state index is 0.0193. The molecule has 0 unspecified atom stereocenters. The number of hydrogen-bond acceptors (Lipinski definition) is 4. The number of ketones is 1. The molecule has 0 radical (unpaired) electrons. The van der Waals surface area contributed by atoms with Crippen molar-refractivity contribution in [1.82, 2.24) is 0 Å². The summed E-state index contributed by atoms with van der Waals surface area (Å²) < 4.78 is 0. The summed E-state index contributed by atoms with van der Waals surface area (Å²) in [4.78, 5) is 13.8. The number of carbonyl (C=O) groups is 1. The first-order chi connectivity index (χ1) is 9.01. The molecule has 0 fully saturated rings. The molecule has 1 aromatic rings. The van der Waals surface area contributed by atoms with Crippen molar-refractivity contribution in [3.8, 4) is 6.07 Å². The third-order valence-corrected chi connectivity index (χ3v) is 3.00. The average molecular weight is 260 g/mol. The van der Waals surface area contributed by atoms with Crippen LogP contribution in [-0.4, -0.2) is 30.1 Å². The van der Waals surface area contributed by atoms with Crippen LogP contribution >= 0.6 is 0 Å². The van der Waals surface area contributed by atoms with Gasteiger partial charge in [0.25, 0.3) is 0 Å². The van der Waals surface area contributed by atoms with Crippen molar-refractivity contribution in [1.29, 1.82) is 5.26 Å². The first kappa shape index (κ1) is 15.2. The van der Waals surface area contributed by atoms with Crippen molar-refractivity contribution >= 4 is 11.5 Å². The number of benzene rings is 1. The Hall–Kier alpha value is -1.86. The van der Waals surface area contributed by atoms with E-state index >= 15 is 0 Å². The molecule has 0 heterocycles. The Kier molecular flexibility index (Phi) is 5.53. The van der Waals surface area contributed by atoms with E-state index < -0.39 is 0 Å². The summed E-state index contributed by atoms with van der Waals surface area (Å²) in [6.45, 7) is 6.34. The van der Waals surface area contributed by atoms with Gasteiger partial charge in [0.05, 0.1) is 11.6 Å². The van der Waals surface area contributed by atoms with Gasteiger partial charge in [0.15, 0.2) is 5.78 Å². The zero-order chi connectivity index (χ0) is 14.4. The summed E-state index contributed by atoms with van der Waals surface area (Å²) in [5.41, 5.74) is 1.93. The van der Waals surface area contributed by atoms with Gasteiger partial charge < -0.3 is 10.0 Å². The smallest absolute Gasteiger partial charge is 0.161 e. The molecule has 0 saturated carbocycles. The molecule has 0 saturated heterocycles. The highest BCUT2D eigenvalue weighted by atomic mass is 16.3. The van der Waals surface area contributed by atoms with Gasteiger partial charge in [-0.05, 0) is 45.4 Å². The Labute approximate surface area is 114 Å². The van der Waals surface area contributed by atoms with Crippen LogP contribution in [0.2, 0.25) is 0 Å². The minimum atomic E-state index is -0.0193. The largest absolute Gasteiger partial charge is 0.396 e. The molecule has 0 atom stereocenters. The van der Waals surface area contributed by atoms with E-state index in [9.17, 15) is 4.79 Å². The summed E-state index contributed by atoms with van der Waals surface area (Å²) in [6.07, 6.45) is 0.631. The second kappa shape index (κ2) is 6.91. The van der Waals surface area contributed by atoms with Gasteiger partial charge in [0.1, 0.15) is 0 Å². The molecule has 0 bridgehead atoms. The predicted molar refractivity (Wildman–Crippen MR) is 75.3 cm³/mol. The molecule has 4 nitrogen and oxygen atoms in total. The van der Waals surface area contributed by atoms with Gasteiger partial charge in [-0.25, -0.2) is 0 Å². The fourth-order valence-electron chi connectivity index (χ4n) is 2.03. The van der Waals surface area contributed by atoms with E-state index in [-0.39, 0.29) is 18.4 Å². The molecular formula is C15H20N2O2. The highest BCUT2D eigenvalue weighted by Crippen LogP contribution is 2.25. The van der Waals surface area contributed by atoms with E-state index in [2.05, 4.69) is 6.07 Å². The van der Waals surface area contributed by atoms with E-state index in [1.54, 1.807) is 18.2 Å². The van der Waals surface area contributed by atoms with Crippen LogP contribution in [0.4, 0.5) is 5.69 Å².